The number of aromatic nitrogens is 6. The summed E-state index contributed by atoms with van der Waals surface area (Å²) in [4.78, 5) is 32.8. The molecule has 0 spiro atoms. The fourth-order valence-corrected chi connectivity index (χ4v) is 4.01. The summed E-state index contributed by atoms with van der Waals surface area (Å²) < 4.78 is 10.9. The van der Waals surface area contributed by atoms with Crippen molar-refractivity contribution in [2.45, 2.75) is 32.0 Å². The number of aryl methyl sites for hydroxylation is 1. The van der Waals surface area contributed by atoms with Crippen LogP contribution in [0.15, 0.2) is 52.3 Å². The van der Waals surface area contributed by atoms with E-state index in [1.807, 2.05) is 48.1 Å². The van der Waals surface area contributed by atoms with Crippen molar-refractivity contribution in [3.8, 4) is 11.4 Å². The van der Waals surface area contributed by atoms with E-state index in [1.165, 1.54) is 4.57 Å². The molecule has 3 aromatic heterocycles. The molecule has 1 aromatic carbocycles. The van der Waals surface area contributed by atoms with Gasteiger partial charge in [-0.3, -0.25) is 19.0 Å². The topological polar surface area (TPSA) is 99.7 Å². The van der Waals surface area contributed by atoms with Gasteiger partial charge in [0.15, 0.2) is 11.2 Å². The third kappa shape index (κ3) is 3.26. The van der Waals surface area contributed by atoms with Crippen LogP contribution in [0.2, 0.25) is 0 Å². The zero-order valence-electron chi connectivity index (χ0n) is 16.6. The van der Waals surface area contributed by atoms with Gasteiger partial charge in [0.05, 0.1) is 31.0 Å². The Hall–Kier alpha value is -3.46. The molecule has 30 heavy (non-hydrogen) atoms. The highest BCUT2D eigenvalue weighted by Crippen LogP contribution is 2.25. The molecule has 1 atom stereocenters. The van der Waals surface area contributed by atoms with Crippen molar-refractivity contribution in [2.24, 2.45) is 7.05 Å². The molecular weight excluding hydrogens is 384 g/mol. The van der Waals surface area contributed by atoms with Crippen molar-refractivity contribution < 1.29 is 4.74 Å². The number of nitrogens with one attached hydrogen (secondary N) is 1. The number of aromatic amines is 1. The summed E-state index contributed by atoms with van der Waals surface area (Å²) >= 11 is 0. The van der Waals surface area contributed by atoms with E-state index in [0.29, 0.717) is 36.7 Å². The first kappa shape index (κ1) is 18.6. The number of imidazole rings is 1. The van der Waals surface area contributed by atoms with E-state index in [9.17, 15) is 9.59 Å². The van der Waals surface area contributed by atoms with Crippen LogP contribution >= 0.6 is 0 Å². The smallest absolute Gasteiger partial charge is 0.330 e. The molecule has 1 aliphatic rings. The second kappa shape index (κ2) is 7.42. The Bertz CT molecular complexity index is 1310. The summed E-state index contributed by atoms with van der Waals surface area (Å²) in [7, 11) is 1.83. The molecule has 154 valence electrons. The number of H-pyrrole nitrogens is 1. The number of fused-ring (bicyclic) bond motifs is 1. The zero-order chi connectivity index (χ0) is 20.7. The third-order valence-electron chi connectivity index (χ3n) is 5.44. The highest BCUT2D eigenvalue weighted by Gasteiger charge is 2.24. The van der Waals surface area contributed by atoms with E-state index in [0.717, 1.165) is 24.0 Å². The van der Waals surface area contributed by atoms with E-state index in [4.69, 9.17) is 9.72 Å². The largest absolute Gasteiger partial charge is 0.376 e. The number of hydrogen-bond donors (Lipinski definition) is 1. The number of rotatable bonds is 5. The van der Waals surface area contributed by atoms with Crippen LogP contribution in [0.25, 0.3) is 22.6 Å². The van der Waals surface area contributed by atoms with Crippen LogP contribution in [0, 0.1) is 0 Å². The Morgan fingerprint density at radius 1 is 1.20 bits per heavy atom. The average Bonchev–Trinajstić information content (AvgIpc) is 3.47. The highest BCUT2D eigenvalue weighted by molar-refractivity contribution is 5.76. The first-order valence-electron chi connectivity index (χ1n) is 9.98. The molecule has 1 fully saturated rings. The molecule has 5 rings (SSSR count). The molecule has 0 unspecified atom stereocenters. The van der Waals surface area contributed by atoms with Crippen LogP contribution in [-0.4, -0.2) is 41.6 Å². The van der Waals surface area contributed by atoms with Crippen LogP contribution in [0.4, 0.5) is 0 Å². The van der Waals surface area contributed by atoms with Gasteiger partial charge >= 0.3 is 5.69 Å². The minimum atomic E-state index is -0.476. The van der Waals surface area contributed by atoms with Crippen molar-refractivity contribution in [1.29, 1.82) is 0 Å². The number of hydrogen-bond acceptors (Lipinski definition) is 5. The summed E-state index contributed by atoms with van der Waals surface area (Å²) in [6.07, 6.45) is 5.48. The maximum Gasteiger partial charge on any atom is 0.330 e. The van der Waals surface area contributed by atoms with Crippen molar-refractivity contribution >= 4 is 11.2 Å². The van der Waals surface area contributed by atoms with Crippen molar-refractivity contribution in [1.82, 2.24) is 28.9 Å². The monoisotopic (exact) mass is 406 g/mol. The average molecular weight is 406 g/mol. The summed E-state index contributed by atoms with van der Waals surface area (Å²) in [5, 5.41) is 4.24. The Morgan fingerprint density at radius 2 is 2.03 bits per heavy atom. The molecule has 0 amide bonds. The molecule has 1 aliphatic heterocycles. The van der Waals surface area contributed by atoms with Crippen LogP contribution in [0.5, 0.6) is 0 Å². The van der Waals surface area contributed by atoms with Gasteiger partial charge in [0, 0.05) is 19.9 Å². The predicted molar refractivity (Wildman–Crippen MR) is 111 cm³/mol. The number of benzene rings is 1. The lowest BCUT2D eigenvalue weighted by Gasteiger charge is -2.13. The van der Waals surface area contributed by atoms with Gasteiger partial charge in [-0.25, -0.2) is 9.78 Å². The summed E-state index contributed by atoms with van der Waals surface area (Å²) in [5.41, 5.74) is 1.55. The molecule has 0 bridgehead atoms. The second-order valence-electron chi connectivity index (χ2n) is 7.59. The van der Waals surface area contributed by atoms with Gasteiger partial charge in [0.2, 0.25) is 0 Å². The molecule has 9 heteroatoms. The maximum atomic E-state index is 12.9. The van der Waals surface area contributed by atoms with Gasteiger partial charge in [0.25, 0.3) is 5.56 Å². The van der Waals surface area contributed by atoms with Gasteiger partial charge in [-0.15, -0.1) is 0 Å². The van der Waals surface area contributed by atoms with E-state index in [1.54, 1.807) is 10.9 Å². The van der Waals surface area contributed by atoms with E-state index >= 15 is 0 Å². The number of ether oxygens (including phenoxy) is 1. The first-order valence-corrected chi connectivity index (χ1v) is 9.98. The second-order valence-corrected chi connectivity index (χ2v) is 7.59. The van der Waals surface area contributed by atoms with Gasteiger partial charge in [-0.1, -0.05) is 30.3 Å². The summed E-state index contributed by atoms with van der Waals surface area (Å²) in [6.45, 7) is 1.53. The van der Waals surface area contributed by atoms with E-state index in [-0.39, 0.29) is 6.10 Å². The quantitative estimate of drug-likeness (QED) is 0.542. The molecule has 1 saturated heterocycles. The first-order chi connectivity index (χ1) is 14.6. The van der Waals surface area contributed by atoms with Gasteiger partial charge in [0.1, 0.15) is 5.82 Å². The van der Waals surface area contributed by atoms with Gasteiger partial charge in [-0.2, -0.15) is 5.10 Å². The molecule has 1 N–H and O–H groups in total. The minimum absolute atomic E-state index is 0.00622. The molecular formula is C21H22N6O3. The lowest BCUT2D eigenvalue weighted by Crippen LogP contribution is -2.32. The van der Waals surface area contributed by atoms with Gasteiger partial charge < -0.3 is 9.30 Å². The van der Waals surface area contributed by atoms with E-state index in [2.05, 4.69) is 10.1 Å². The highest BCUT2D eigenvalue weighted by atomic mass is 16.5. The SMILES string of the molecule is Cn1cc(-c2nc3c(c(=O)[nH]c(=O)n3Cc3ccccc3)n2C[C@H]2CCCO2)cn1. The lowest BCUT2D eigenvalue weighted by atomic mass is 10.2. The summed E-state index contributed by atoms with van der Waals surface area (Å²) in [5.74, 6) is 0.603. The summed E-state index contributed by atoms with van der Waals surface area (Å²) in [6, 6.07) is 9.63. The van der Waals surface area contributed by atoms with Crippen molar-refractivity contribution in [2.75, 3.05) is 6.61 Å². The lowest BCUT2D eigenvalue weighted by molar-refractivity contribution is 0.0982. The van der Waals surface area contributed by atoms with Gasteiger partial charge in [-0.05, 0) is 18.4 Å². The normalized spacial score (nSPS) is 16.5. The molecule has 0 radical (unpaired) electrons. The number of nitrogens with zero attached hydrogens (tertiary/aromatic N) is 5. The van der Waals surface area contributed by atoms with Crippen LogP contribution in [0.1, 0.15) is 18.4 Å². The van der Waals surface area contributed by atoms with E-state index < -0.39 is 11.2 Å². The molecule has 4 heterocycles. The molecule has 0 saturated carbocycles. The molecule has 9 nitrogen and oxygen atoms in total. The Labute approximate surface area is 171 Å². The Balaban J connectivity index is 1.73. The van der Waals surface area contributed by atoms with Crippen molar-refractivity contribution in [3.63, 3.8) is 0 Å². The fraction of sp³-hybridized carbons (Fsp3) is 0.333. The fourth-order valence-electron chi connectivity index (χ4n) is 4.01. The Morgan fingerprint density at radius 3 is 2.73 bits per heavy atom. The Kier molecular flexibility index (Phi) is 4.59. The van der Waals surface area contributed by atoms with Crippen LogP contribution in [-0.2, 0) is 24.9 Å². The van der Waals surface area contributed by atoms with Crippen LogP contribution in [0.3, 0.4) is 0 Å². The van der Waals surface area contributed by atoms with Crippen molar-refractivity contribution in [3.05, 3.63) is 69.1 Å². The third-order valence-corrected chi connectivity index (χ3v) is 5.44. The minimum Gasteiger partial charge on any atom is -0.376 e. The zero-order valence-corrected chi connectivity index (χ0v) is 16.6. The standard InChI is InChI=1S/C21H22N6O3/c1-25-12-15(10-22-25)18-23-19-17(26(18)13-16-8-5-9-30-16)20(28)24-21(29)27(19)11-14-6-3-2-4-7-14/h2-4,6-7,10,12,16H,5,8-9,11,13H2,1H3,(H,24,28,29)/t16-/m1/s1. The predicted octanol–water partition coefficient (Wildman–Crippen LogP) is 1.51. The van der Waals surface area contributed by atoms with Crippen LogP contribution < -0.4 is 11.2 Å². The maximum absolute atomic E-state index is 12.9. The molecule has 0 aliphatic carbocycles. The molecule has 4 aromatic rings.